The Balaban J connectivity index is 1.72. The number of nitrogens with two attached hydrogens (primary N) is 1. The molecule has 1 aliphatic carbocycles. The van der Waals surface area contributed by atoms with Gasteiger partial charge in [-0.3, -0.25) is 4.90 Å². The fourth-order valence-corrected chi connectivity index (χ4v) is 4.20. The Bertz CT molecular complexity index is 759. The van der Waals surface area contributed by atoms with E-state index < -0.39 is 0 Å². The zero-order valence-corrected chi connectivity index (χ0v) is 14.9. The van der Waals surface area contributed by atoms with E-state index >= 15 is 0 Å². The first-order valence-corrected chi connectivity index (χ1v) is 9.23. The zero-order valence-electron chi connectivity index (χ0n) is 14.9. The number of pyridine rings is 1. The second-order valence-electron chi connectivity index (χ2n) is 7.17. The van der Waals surface area contributed by atoms with E-state index in [-0.39, 0.29) is 0 Å². The molecule has 1 aliphatic heterocycles. The quantitative estimate of drug-likeness (QED) is 0.940. The fraction of sp³-hybridized carbons (Fsp3) is 0.632. The number of hydrogen-bond donors (Lipinski definition) is 1. The van der Waals surface area contributed by atoms with Gasteiger partial charge in [0.25, 0.3) is 0 Å². The summed E-state index contributed by atoms with van der Waals surface area (Å²) in [5, 5.41) is 1.19. The lowest BCUT2D eigenvalue weighted by atomic mass is 9.93. The fourth-order valence-electron chi connectivity index (χ4n) is 4.20. The number of hydrogen-bond acceptors (Lipinski definition) is 4. The van der Waals surface area contributed by atoms with Crippen molar-refractivity contribution in [1.29, 1.82) is 0 Å². The summed E-state index contributed by atoms with van der Waals surface area (Å²) in [6.07, 6.45) is 4.63. The van der Waals surface area contributed by atoms with Crippen LogP contribution in [0.5, 0.6) is 0 Å². The average Bonchev–Trinajstić information content (AvgIpc) is 2.85. The molecule has 0 atom stereocenters. The van der Waals surface area contributed by atoms with Gasteiger partial charge in [0.05, 0.1) is 13.2 Å². The van der Waals surface area contributed by atoms with Gasteiger partial charge in [-0.1, -0.05) is 0 Å². The van der Waals surface area contributed by atoms with Crippen molar-refractivity contribution in [2.24, 2.45) is 0 Å². The highest BCUT2D eigenvalue weighted by Crippen LogP contribution is 2.35. The van der Waals surface area contributed by atoms with Crippen molar-refractivity contribution in [1.82, 2.24) is 14.5 Å². The Morgan fingerprint density at radius 3 is 2.62 bits per heavy atom. The van der Waals surface area contributed by atoms with E-state index in [4.69, 9.17) is 15.5 Å². The van der Waals surface area contributed by atoms with E-state index in [1.165, 1.54) is 40.7 Å². The van der Waals surface area contributed by atoms with Gasteiger partial charge in [-0.25, -0.2) is 4.98 Å². The second kappa shape index (κ2) is 6.37. The SMILES string of the molecule is Cc1c(C)n(CCN2CCOCC2)c2nc3c(c(N)c12)CCCC3. The smallest absolute Gasteiger partial charge is 0.142 e. The Labute approximate surface area is 143 Å². The van der Waals surface area contributed by atoms with Gasteiger partial charge in [-0.2, -0.15) is 0 Å². The van der Waals surface area contributed by atoms with Crippen LogP contribution in [-0.4, -0.2) is 47.3 Å². The molecule has 2 N–H and O–H groups in total. The van der Waals surface area contributed by atoms with Gasteiger partial charge in [0.1, 0.15) is 5.65 Å². The maximum Gasteiger partial charge on any atom is 0.142 e. The van der Waals surface area contributed by atoms with Crippen LogP contribution >= 0.6 is 0 Å². The minimum absolute atomic E-state index is 0.850. The van der Waals surface area contributed by atoms with Gasteiger partial charge in [0.2, 0.25) is 0 Å². The largest absolute Gasteiger partial charge is 0.398 e. The molecule has 2 aromatic rings. The van der Waals surface area contributed by atoms with Crippen LogP contribution in [0.3, 0.4) is 0 Å². The molecule has 0 radical (unpaired) electrons. The summed E-state index contributed by atoms with van der Waals surface area (Å²) in [4.78, 5) is 7.54. The number of aromatic nitrogens is 2. The third kappa shape index (κ3) is 2.60. The number of anilines is 1. The van der Waals surface area contributed by atoms with E-state index in [0.717, 1.165) is 63.6 Å². The van der Waals surface area contributed by atoms with E-state index in [1.54, 1.807) is 0 Å². The maximum absolute atomic E-state index is 6.58. The van der Waals surface area contributed by atoms with Crippen LogP contribution in [0, 0.1) is 13.8 Å². The molecule has 130 valence electrons. The van der Waals surface area contributed by atoms with E-state index in [2.05, 4.69) is 23.3 Å². The predicted octanol–water partition coefficient (Wildman–Crippen LogP) is 2.45. The van der Waals surface area contributed by atoms with E-state index in [1.807, 2.05) is 0 Å². The number of morpholine rings is 1. The van der Waals surface area contributed by atoms with Crippen molar-refractivity contribution < 1.29 is 4.74 Å². The molecule has 0 spiro atoms. The first-order chi connectivity index (χ1) is 11.7. The van der Waals surface area contributed by atoms with Crippen LogP contribution < -0.4 is 5.73 Å². The molecular formula is C19H28N4O. The Kier molecular flexibility index (Phi) is 4.22. The summed E-state index contributed by atoms with van der Waals surface area (Å²) in [6, 6.07) is 0. The van der Waals surface area contributed by atoms with Gasteiger partial charge in [0, 0.05) is 48.6 Å². The van der Waals surface area contributed by atoms with Crippen LogP contribution in [-0.2, 0) is 24.1 Å². The van der Waals surface area contributed by atoms with Gasteiger partial charge in [-0.05, 0) is 50.7 Å². The molecule has 0 bridgehead atoms. The highest BCUT2D eigenvalue weighted by Gasteiger charge is 2.22. The summed E-state index contributed by atoms with van der Waals surface area (Å²) in [5.41, 5.74) is 13.8. The van der Waals surface area contributed by atoms with Crippen LogP contribution in [0.4, 0.5) is 5.69 Å². The molecule has 5 nitrogen and oxygen atoms in total. The summed E-state index contributed by atoms with van der Waals surface area (Å²) in [6.45, 7) is 10.2. The minimum atomic E-state index is 0.850. The molecule has 0 aromatic carbocycles. The topological polar surface area (TPSA) is 56.3 Å². The first kappa shape index (κ1) is 15.9. The molecule has 3 heterocycles. The lowest BCUT2D eigenvalue weighted by Crippen LogP contribution is -2.38. The Hall–Kier alpha value is -1.59. The predicted molar refractivity (Wildman–Crippen MR) is 97.5 cm³/mol. The number of nitrogens with zero attached hydrogens (tertiary/aromatic N) is 3. The van der Waals surface area contributed by atoms with Crippen molar-refractivity contribution >= 4 is 16.7 Å². The standard InChI is InChI=1S/C19H28N4O/c1-13-14(2)23(8-7-22-9-11-24-12-10-22)19-17(13)18(20)15-5-3-4-6-16(15)21-19/h3-12H2,1-2H3,(H2,20,21). The zero-order chi connectivity index (χ0) is 16.7. The molecule has 0 unspecified atom stereocenters. The molecular weight excluding hydrogens is 300 g/mol. The molecule has 5 heteroatoms. The second-order valence-corrected chi connectivity index (χ2v) is 7.17. The molecule has 0 saturated carbocycles. The molecule has 1 fully saturated rings. The lowest BCUT2D eigenvalue weighted by molar-refractivity contribution is 0.0364. The molecule has 4 rings (SSSR count). The summed E-state index contributed by atoms with van der Waals surface area (Å²) >= 11 is 0. The van der Waals surface area contributed by atoms with Gasteiger partial charge < -0.3 is 15.0 Å². The number of rotatable bonds is 3. The third-order valence-electron chi connectivity index (χ3n) is 5.82. The maximum atomic E-state index is 6.58. The molecule has 2 aliphatic rings. The van der Waals surface area contributed by atoms with Crippen LogP contribution in [0.25, 0.3) is 11.0 Å². The monoisotopic (exact) mass is 328 g/mol. The number of fused-ring (bicyclic) bond motifs is 2. The number of nitrogen functional groups attached to an aromatic ring is 1. The first-order valence-electron chi connectivity index (χ1n) is 9.23. The highest BCUT2D eigenvalue weighted by atomic mass is 16.5. The van der Waals surface area contributed by atoms with Gasteiger partial charge in [0.15, 0.2) is 0 Å². The van der Waals surface area contributed by atoms with Gasteiger partial charge in [-0.15, -0.1) is 0 Å². The van der Waals surface area contributed by atoms with Crippen LogP contribution in [0.1, 0.15) is 35.4 Å². The normalized spacial score (nSPS) is 18.9. The molecule has 2 aromatic heterocycles. The summed E-state index contributed by atoms with van der Waals surface area (Å²) in [5.74, 6) is 0. The number of aryl methyl sites for hydroxylation is 2. The van der Waals surface area contributed by atoms with Gasteiger partial charge >= 0.3 is 0 Å². The lowest BCUT2D eigenvalue weighted by Gasteiger charge is -2.27. The summed E-state index contributed by atoms with van der Waals surface area (Å²) in [7, 11) is 0. The van der Waals surface area contributed by atoms with Crippen molar-refractivity contribution in [3.63, 3.8) is 0 Å². The molecule has 1 saturated heterocycles. The highest BCUT2D eigenvalue weighted by molar-refractivity contribution is 5.95. The third-order valence-corrected chi connectivity index (χ3v) is 5.82. The minimum Gasteiger partial charge on any atom is -0.398 e. The van der Waals surface area contributed by atoms with Crippen molar-refractivity contribution in [2.75, 3.05) is 38.6 Å². The number of ether oxygens (including phenoxy) is 1. The summed E-state index contributed by atoms with van der Waals surface area (Å²) < 4.78 is 7.83. The molecule has 24 heavy (non-hydrogen) atoms. The average molecular weight is 328 g/mol. The van der Waals surface area contributed by atoms with E-state index in [9.17, 15) is 0 Å². The van der Waals surface area contributed by atoms with Crippen molar-refractivity contribution in [3.05, 3.63) is 22.5 Å². The molecule has 0 amide bonds. The van der Waals surface area contributed by atoms with Crippen LogP contribution in [0.2, 0.25) is 0 Å². The Morgan fingerprint density at radius 1 is 1.08 bits per heavy atom. The van der Waals surface area contributed by atoms with E-state index in [0.29, 0.717) is 0 Å². The van der Waals surface area contributed by atoms with Crippen LogP contribution in [0.15, 0.2) is 0 Å². The Morgan fingerprint density at radius 2 is 1.83 bits per heavy atom. The van der Waals surface area contributed by atoms with Crippen molar-refractivity contribution in [2.45, 2.75) is 46.1 Å². The van der Waals surface area contributed by atoms with Crippen molar-refractivity contribution in [3.8, 4) is 0 Å².